The van der Waals surface area contributed by atoms with Gasteiger partial charge in [0.05, 0.1) is 5.69 Å². The van der Waals surface area contributed by atoms with Gasteiger partial charge in [-0.25, -0.2) is 4.98 Å². The van der Waals surface area contributed by atoms with Crippen LogP contribution < -0.4 is 5.73 Å². The maximum absolute atomic E-state index is 5.74. The summed E-state index contributed by atoms with van der Waals surface area (Å²) in [7, 11) is 0. The number of aryl methyl sites for hydroxylation is 2. The number of nitrogen functional groups attached to an aromatic ring is 1. The molecule has 17 heavy (non-hydrogen) atoms. The number of benzene rings is 1. The Morgan fingerprint density at radius 2 is 1.94 bits per heavy atom. The van der Waals surface area contributed by atoms with Gasteiger partial charge in [-0.3, -0.25) is 0 Å². The highest BCUT2D eigenvalue weighted by Gasteiger charge is 2.08. The average Bonchev–Trinajstić information content (AvgIpc) is 2.61. The summed E-state index contributed by atoms with van der Waals surface area (Å²) < 4.78 is 0. The molecule has 0 amide bonds. The fraction of sp³-hybridized carbons (Fsp3) is 0.357. The van der Waals surface area contributed by atoms with Gasteiger partial charge in [0.15, 0.2) is 5.13 Å². The van der Waals surface area contributed by atoms with Crippen LogP contribution in [0.15, 0.2) is 24.3 Å². The second kappa shape index (κ2) is 5.32. The summed E-state index contributed by atoms with van der Waals surface area (Å²) in [6, 6.07) is 8.65. The van der Waals surface area contributed by atoms with Crippen LogP contribution in [0.5, 0.6) is 0 Å². The zero-order valence-electron chi connectivity index (χ0n) is 10.4. The summed E-state index contributed by atoms with van der Waals surface area (Å²) in [5.74, 6) is 0. The van der Waals surface area contributed by atoms with Crippen molar-refractivity contribution >= 4 is 16.5 Å². The van der Waals surface area contributed by atoms with E-state index in [-0.39, 0.29) is 0 Å². The van der Waals surface area contributed by atoms with Gasteiger partial charge >= 0.3 is 0 Å². The van der Waals surface area contributed by atoms with Crippen LogP contribution in [0.3, 0.4) is 0 Å². The monoisotopic (exact) mass is 246 g/mol. The minimum Gasteiger partial charge on any atom is -0.375 e. The van der Waals surface area contributed by atoms with Gasteiger partial charge in [-0.05, 0) is 24.5 Å². The number of nitrogens with two attached hydrogens (primary N) is 1. The molecule has 0 spiro atoms. The smallest absolute Gasteiger partial charge is 0.180 e. The van der Waals surface area contributed by atoms with E-state index >= 15 is 0 Å². The molecule has 2 nitrogen and oxygen atoms in total. The molecule has 90 valence electrons. The molecule has 0 aliphatic heterocycles. The number of hydrogen-bond acceptors (Lipinski definition) is 3. The highest BCUT2D eigenvalue weighted by atomic mass is 32.1. The number of thiazole rings is 1. The minimum absolute atomic E-state index is 0.672. The molecule has 0 saturated heterocycles. The lowest BCUT2D eigenvalue weighted by Gasteiger charge is -2.07. The first-order valence-electron chi connectivity index (χ1n) is 5.99. The minimum atomic E-state index is 0.672. The van der Waals surface area contributed by atoms with E-state index in [0.717, 1.165) is 18.5 Å². The van der Waals surface area contributed by atoms with E-state index in [1.54, 1.807) is 11.3 Å². The zero-order valence-corrected chi connectivity index (χ0v) is 11.2. The fourth-order valence-electron chi connectivity index (χ4n) is 2.03. The number of rotatable bonds is 4. The lowest BCUT2D eigenvalue weighted by atomic mass is 10.00. The Balaban J connectivity index is 2.26. The molecule has 0 fully saturated rings. The number of anilines is 1. The summed E-state index contributed by atoms with van der Waals surface area (Å²) in [5.41, 5.74) is 9.66. The lowest BCUT2D eigenvalue weighted by molar-refractivity contribution is 0.904. The highest BCUT2D eigenvalue weighted by molar-refractivity contribution is 7.15. The molecule has 0 radical (unpaired) electrons. The highest BCUT2D eigenvalue weighted by Crippen LogP contribution is 2.24. The molecule has 2 rings (SSSR count). The Kier molecular flexibility index (Phi) is 3.79. The van der Waals surface area contributed by atoms with Gasteiger partial charge < -0.3 is 5.73 Å². The summed E-state index contributed by atoms with van der Waals surface area (Å²) >= 11 is 1.60. The van der Waals surface area contributed by atoms with Crippen LogP contribution in [0.2, 0.25) is 0 Å². The summed E-state index contributed by atoms with van der Waals surface area (Å²) in [6.45, 7) is 4.25. The molecule has 0 saturated carbocycles. The van der Waals surface area contributed by atoms with E-state index in [1.165, 1.54) is 22.4 Å². The van der Waals surface area contributed by atoms with Crippen molar-refractivity contribution in [2.75, 3.05) is 5.73 Å². The molecule has 1 aromatic carbocycles. The molecule has 1 aromatic heterocycles. The number of nitrogens with zero attached hydrogens (tertiary/aromatic N) is 1. The van der Waals surface area contributed by atoms with Crippen molar-refractivity contribution in [3.05, 3.63) is 46.0 Å². The second-order valence-electron chi connectivity index (χ2n) is 4.26. The molecule has 0 aliphatic carbocycles. The number of aromatic nitrogens is 1. The van der Waals surface area contributed by atoms with Gasteiger partial charge in [0, 0.05) is 11.3 Å². The first kappa shape index (κ1) is 12.1. The van der Waals surface area contributed by atoms with Gasteiger partial charge in [-0.2, -0.15) is 0 Å². The van der Waals surface area contributed by atoms with Crippen LogP contribution in [-0.4, -0.2) is 4.98 Å². The third-order valence-electron chi connectivity index (χ3n) is 2.90. The van der Waals surface area contributed by atoms with Gasteiger partial charge in [0.2, 0.25) is 0 Å². The molecule has 1 heterocycles. The quantitative estimate of drug-likeness (QED) is 0.895. The molecule has 2 N–H and O–H groups in total. The molecule has 0 aliphatic rings. The van der Waals surface area contributed by atoms with E-state index in [2.05, 4.69) is 36.2 Å². The second-order valence-corrected chi connectivity index (χ2v) is 5.37. The van der Waals surface area contributed by atoms with E-state index in [4.69, 9.17) is 5.73 Å². The third kappa shape index (κ3) is 2.86. The van der Waals surface area contributed by atoms with Gasteiger partial charge in [0.25, 0.3) is 0 Å². The molecule has 0 bridgehead atoms. The van der Waals surface area contributed by atoms with Crippen LogP contribution in [0.1, 0.15) is 35.0 Å². The van der Waals surface area contributed by atoms with Crippen molar-refractivity contribution in [3.8, 4) is 0 Å². The Labute approximate surface area is 107 Å². The zero-order chi connectivity index (χ0) is 12.3. The van der Waals surface area contributed by atoms with Gasteiger partial charge in [-0.1, -0.05) is 37.6 Å². The Morgan fingerprint density at radius 3 is 2.53 bits per heavy atom. The Bertz CT molecular complexity index is 503. The fourth-order valence-corrected chi connectivity index (χ4v) is 2.89. The molecular weight excluding hydrogens is 228 g/mol. The van der Waals surface area contributed by atoms with Crippen LogP contribution >= 0.6 is 11.3 Å². The first-order chi connectivity index (χ1) is 8.20. The van der Waals surface area contributed by atoms with Gasteiger partial charge in [0.1, 0.15) is 0 Å². The van der Waals surface area contributed by atoms with E-state index in [9.17, 15) is 0 Å². The normalized spacial score (nSPS) is 10.7. The Morgan fingerprint density at radius 1 is 1.24 bits per heavy atom. The van der Waals surface area contributed by atoms with Crippen LogP contribution in [-0.2, 0) is 12.8 Å². The van der Waals surface area contributed by atoms with Crippen LogP contribution in [0.4, 0.5) is 5.13 Å². The van der Waals surface area contributed by atoms with Crippen molar-refractivity contribution in [3.63, 3.8) is 0 Å². The summed E-state index contributed by atoms with van der Waals surface area (Å²) in [6.07, 6.45) is 3.28. The summed E-state index contributed by atoms with van der Waals surface area (Å²) in [5, 5.41) is 0.672. The van der Waals surface area contributed by atoms with Crippen molar-refractivity contribution < 1.29 is 0 Å². The topological polar surface area (TPSA) is 38.9 Å². The van der Waals surface area contributed by atoms with Crippen molar-refractivity contribution in [1.29, 1.82) is 0 Å². The lowest BCUT2D eigenvalue weighted by Crippen LogP contribution is -1.95. The molecule has 2 aromatic rings. The summed E-state index contributed by atoms with van der Waals surface area (Å²) in [4.78, 5) is 5.56. The maximum atomic E-state index is 5.74. The van der Waals surface area contributed by atoms with Gasteiger partial charge in [-0.15, -0.1) is 11.3 Å². The number of hydrogen-bond donors (Lipinski definition) is 1. The molecule has 0 unspecified atom stereocenters. The van der Waals surface area contributed by atoms with Crippen LogP contribution in [0.25, 0.3) is 0 Å². The predicted octanol–water partition coefficient (Wildman–Crippen LogP) is 3.58. The van der Waals surface area contributed by atoms with Crippen molar-refractivity contribution in [1.82, 2.24) is 4.98 Å². The van der Waals surface area contributed by atoms with Crippen LogP contribution in [0, 0.1) is 6.92 Å². The third-order valence-corrected chi connectivity index (χ3v) is 3.88. The van der Waals surface area contributed by atoms with E-state index < -0.39 is 0 Å². The average molecular weight is 246 g/mol. The molecule has 3 heteroatoms. The first-order valence-corrected chi connectivity index (χ1v) is 6.81. The van der Waals surface area contributed by atoms with Crippen molar-refractivity contribution in [2.24, 2.45) is 0 Å². The standard InChI is InChI=1S/C14H18N2S/c1-3-6-11-7-4-5-8-12(11)9-13-10(2)16-14(15)17-13/h4-5,7-8H,3,6,9H2,1-2H3,(H2,15,16). The van der Waals surface area contributed by atoms with E-state index in [1.807, 2.05) is 6.92 Å². The molecule has 0 atom stereocenters. The van der Waals surface area contributed by atoms with Crippen molar-refractivity contribution in [2.45, 2.75) is 33.1 Å². The van der Waals surface area contributed by atoms with E-state index in [0.29, 0.717) is 5.13 Å². The maximum Gasteiger partial charge on any atom is 0.180 e. The Hall–Kier alpha value is -1.35. The predicted molar refractivity (Wildman–Crippen MR) is 74.5 cm³/mol. The largest absolute Gasteiger partial charge is 0.375 e. The molecular formula is C14H18N2S. The SMILES string of the molecule is CCCc1ccccc1Cc1sc(N)nc1C.